The Hall–Kier alpha value is -0.780. The maximum Gasteiger partial charge on any atom is 0.508 e. The Bertz CT molecular complexity index is 230. The predicted molar refractivity (Wildman–Crippen MR) is 42.7 cm³/mol. The van der Waals surface area contributed by atoms with Crippen molar-refractivity contribution in [2.75, 3.05) is 25.2 Å². The summed E-state index contributed by atoms with van der Waals surface area (Å²) in [6.07, 6.45) is 0.239. The molecule has 12 heavy (non-hydrogen) atoms. The second kappa shape index (κ2) is 4.97. The highest BCUT2D eigenvalue weighted by Gasteiger charge is 2.05. The van der Waals surface area contributed by atoms with Crippen molar-refractivity contribution < 1.29 is 22.7 Å². The summed E-state index contributed by atoms with van der Waals surface area (Å²) < 4.78 is 29.9. The lowest BCUT2D eigenvalue weighted by Crippen LogP contribution is -2.14. The Labute approximate surface area is 71.6 Å². The van der Waals surface area contributed by atoms with E-state index < -0.39 is 16.0 Å². The number of hydrogen-bond acceptors (Lipinski definition) is 5. The Kier molecular flexibility index (Phi) is 4.65. The van der Waals surface area contributed by atoms with Crippen LogP contribution < -0.4 is 0 Å². The Morgan fingerprint density at radius 2 is 1.92 bits per heavy atom. The minimum atomic E-state index is -3.07. The molecule has 0 aromatic rings. The number of rotatable bonds is 4. The molecule has 0 aliphatic heterocycles. The van der Waals surface area contributed by atoms with Crippen LogP contribution in [0, 0.1) is 0 Å². The molecular weight excluding hydrogens is 184 g/mol. The molecule has 0 aliphatic carbocycles. The van der Waals surface area contributed by atoms with Crippen LogP contribution in [0.2, 0.25) is 0 Å². The summed E-state index contributed by atoms with van der Waals surface area (Å²) in [4.78, 5) is 10.5. The van der Waals surface area contributed by atoms with Gasteiger partial charge in [-0.15, -0.1) is 0 Å². The third-order valence-corrected chi connectivity index (χ3v) is 1.84. The van der Waals surface area contributed by atoms with Gasteiger partial charge in [0, 0.05) is 6.26 Å². The lowest BCUT2D eigenvalue weighted by molar-refractivity contribution is 0.0636. The first-order valence-corrected chi connectivity index (χ1v) is 5.49. The van der Waals surface area contributed by atoms with Crippen LogP contribution in [0.25, 0.3) is 0 Å². The van der Waals surface area contributed by atoms with E-state index in [4.69, 9.17) is 0 Å². The van der Waals surface area contributed by atoms with E-state index in [1.807, 2.05) is 0 Å². The second-order valence-electron chi connectivity index (χ2n) is 2.16. The lowest BCUT2D eigenvalue weighted by atomic mass is 10.8. The van der Waals surface area contributed by atoms with Gasteiger partial charge in [-0.3, -0.25) is 0 Å². The van der Waals surface area contributed by atoms with E-state index in [0.29, 0.717) is 0 Å². The van der Waals surface area contributed by atoms with Gasteiger partial charge in [-0.2, -0.15) is 0 Å². The van der Waals surface area contributed by atoms with Crippen LogP contribution in [0.1, 0.15) is 6.92 Å². The molecule has 0 aromatic carbocycles. The highest BCUT2D eigenvalue weighted by atomic mass is 32.2. The predicted octanol–water partition coefficient (Wildman–Crippen LogP) is 0.204. The van der Waals surface area contributed by atoms with E-state index in [-0.39, 0.29) is 19.0 Å². The van der Waals surface area contributed by atoms with Crippen molar-refractivity contribution in [1.29, 1.82) is 0 Å². The molecule has 72 valence electrons. The van der Waals surface area contributed by atoms with Gasteiger partial charge in [0.1, 0.15) is 6.61 Å². The third kappa shape index (κ3) is 7.33. The highest BCUT2D eigenvalue weighted by Crippen LogP contribution is 1.88. The Morgan fingerprint density at radius 1 is 1.33 bits per heavy atom. The maximum atomic E-state index is 10.5. The summed E-state index contributed by atoms with van der Waals surface area (Å²) in [5.74, 6) is -0.175. The molecule has 0 radical (unpaired) electrons. The van der Waals surface area contributed by atoms with Crippen LogP contribution in [0.5, 0.6) is 0 Å². The van der Waals surface area contributed by atoms with Gasteiger partial charge in [0.05, 0.1) is 12.4 Å². The van der Waals surface area contributed by atoms with Gasteiger partial charge in [0.2, 0.25) is 0 Å². The summed E-state index contributed by atoms with van der Waals surface area (Å²) in [7, 11) is -3.07. The van der Waals surface area contributed by atoms with Gasteiger partial charge in [-0.05, 0) is 6.92 Å². The minimum absolute atomic E-state index is 0.155. The van der Waals surface area contributed by atoms with Crippen LogP contribution in [-0.4, -0.2) is 39.8 Å². The van der Waals surface area contributed by atoms with Crippen LogP contribution >= 0.6 is 0 Å². The molecule has 0 N–H and O–H groups in total. The summed E-state index contributed by atoms with van der Waals surface area (Å²) in [6, 6.07) is 0. The molecule has 0 saturated heterocycles. The monoisotopic (exact) mass is 196 g/mol. The maximum absolute atomic E-state index is 10.5. The van der Waals surface area contributed by atoms with Crippen molar-refractivity contribution in [1.82, 2.24) is 0 Å². The van der Waals surface area contributed by atoms with Crippen molar-refractivity contribution in [2.45, 2.75) is 6.92 Å². The molecule has 0 saturated carbocycles. The standard InChI is InChI=1S/C6H12O5S/c1-3-10-6(7)11-4-5-12(2,8)9/h3-5H2,1-2H3. The van der Waals surface area contributed by atoms with Crippen molar-refractivity contribution in [3.05, 3.63) is 0 Å². The molecule has 0 rings (SSSR count). The van der Waals surface area contributed by atoms with Crippen molar-refractivity contribution >= 4 is 16.0 Å². The van der Waals surface area contributed by atoms with E-state index >= 15 is 0 Å². The fourth-order valence-electron chi connectivity index (χ4n) is 0.436. The molecule has 0 bridgehead atoms. The molecule has 5 nitrogen and oxygen atoms in total. The van der Waals surface area contributed by atoms with E-state index in [9.17, 15) is 13.2 Å². The average molecular weight is 196 g/mol. The van der Waals surface area contributed by atoms with E-state index in [0.717, 1.165) is 6.26 Å². The zero-order valence-electron chi connectivity index (χ0n) is 7.07. The molecule has 0 heterocycles. The smallest absolute Gasteiger partial charge is 0.435 e. The summed E-state index contributed by atoms with van der Waals surface area (Å²) in [6.45, 7) is 1.70. The van der Waals surface area contributed by atoms with E-state index in [1.165, 1.54) is 0 Å². The molecule has 0 aromatic heterocycles. The zero-order valence-corrected chi connectivity index (χ0v) is 7.89. The van der Waals surface area contributed by atoms with Crippen molar-refractivity contribution in [3.8, 4) is 0 Å². The van der Waals surface area contributed by atoms with Crippen LogP contribution in [0.4, 0.5) is 4.79 Å². The van der Waals surface area contributed by atoms with Crippen LogP contribution in [0.15, 0.2) is 0 Å². The summed E-state index contributed by atoms with van der Waals surface area (Å²) in [5.41, 5.74) is 0. The van der Waals surface area contributed by atoms with E-state index in [1.54, 1.807) is 6.92 Å². The Balaban J connectivity index is 3.51. The van der Waals surface area contributed by atoms with Gasteiger partial charge in [-0.1, -0.05) is 0 Å². The van der Waals surface area contributed by atoms with Crippen LogP contribution in [0.3, 0.4) is 0 Å². The van der Waals surface area contributed by atoms with Crippen molar-refractivity contribution in [2.24, 2.45) is 0 Å². The third-order valence-electron chi connectivity index (χ3n) is 0.936. The molecule has 0 atom stereocenters. The molecule has 0 unspecified atom stereocenters. The molecular formula is C6H12O5S. The number of hydrogen-bond donors (Lipinski definition) is 0. The SMILES string of the molecule is CCOC(=O)OCCS(C)(=O)=O. The van der Waals surface area contributed by atoms with Gasteiger partial charge in [0.25, 0.3) is 0 Å². The number of ether oxygens (including phenoxy) is 2. The first-order valence-electron chi connectivity index (χ1n) is 3.43. The number of carbonyl (C=O) groups is 1. The highest BCUT2D eigenvalue weighted by molar-refractivity contribution is 7.90. The van der Waals surface area contributed by atoms with Crippen molar-refractivity contribution in [3.63, 3.8) is 0 Å². The first kappa shape index (κ1) is 11.2. The fraction of sp³-hybridized carbons (Fsp3) is 0.833. The molecule has 0 spiro atoms. The first-order chi connectivity index (χ1) is 5.45. The molecule has 6 heteroatoms. The minimum Gasteiger partial charge on any atom is -0.435 e. The molecule has 0 aliphatic rings. The summed E-state index contributed by atoms with van der Waals surface area (Å²) in [5, 5.41) is 0. The topological polar surface area (TPSA) is 69.7 Å². The second-order valence-corrected chi connectivity index (χ2v) is 4.42. The normalized spacial score (nSPS) is 10.8. The largest absolute Gasteiger partial charge is 0.508 e. The molecule has 0 amide bonds. The summed E-state index contributed by atoms with van der Waals surface area (Å²) >= 11 is 0. The van der Waals surface area contributed by atoms with Gasteiger partial charge in [0.15, 0.2) is 9.84 Å². The fourth-order valence-corrected chi connectivity index (χ4v) is 0.822. The van der Waals surface area contributed by atoms with Gasteiger partial charge in [-0.25, -0.2) is 13.2 Å². The zero-order chi connectivity index (χ0) is 9.61. The molecule has 0 fully saturated rings. The van der Waals surface area contributed by atoms with E-state index in [2.05, 4.69) is 9.47 Å². The number of sulfone groups is 1. The average Bonchev–Trinajstić information content (AvgIpc) is 1.84. The van der Waals surface area contributed by atoms with Crippen LogP contribution in [-0.2, 0) is 19.3 Å². The number of carbonyl (C=O) groups excluding carboxylic acids is 1. The Morgan fingerprint density at radius 3 is 2.33 bits per heavy atom. The van der Waals surface area contributed by atoms with Gasteiger partial charge >= 0.3 is 6.16 Å². The van der Waals surface area contributed by atoms with Gasteiger partial charge < -0.3 is 9.47 Å². The quantitative estimate of drug-likeness (QED) is 0.601. The lowest BCUT2D eigenvalue weighted by Gasteiger charge is -2.02.